The van der Waals surface area contributed by atoms with E-state index in [9.17, 15) is 9.59 Å². The predicted molar refractivity (Wildman–Crippen MR) is 122 cm³/mol. The molecule has 3 aromatic rings. The lowest BCUT2D eigenvalue weighted by atomic mass is 10.1. The molecule has 2 aromatic carbocycles. The zero-order valence-electron chi connectivity index (χ0n) is 16.9. The molecule has 0 aliphatic carbocycles. The molecular formula is C21H20Cl2N4O3S. The van der Waals surface area contributed by atoms with Gasteiger partial charge in [0.25, 0.3) is 0 Å². The number of ether oxygens (including phenoxy) is 1. The number of halogens is 2. The molecule has 0 radical (unpaired) electrons. The van der Waals surface area contributed by atoms with Crippen LogP contribution in [0.3, 0.4) is 0 Å². The summed E-state index contributed by atoms with van der Waals surface area (Å²) in [6.45, 7) is 4.26. The minimum absolute atomic E-state index is 0.0227. The van der Waals surface area contributed by atoms with E-state index in [1.54, 1.807) is 42.5 Å². The first-order valence-corrected chi connectivity index (χ1v) is 11.1. The molecular weight excluding hydrogens is 459 g/mol. The van der Waals surface area contributed by atoms with E-state index in [2.05, 4.69) is 15.5 Å². The van der Waals surface area contributed by atoms with Crippen molar-refractivity contribution in [2.75, 3.05) is 11.1 Å². The molecule has 7 nitrogen and oxygen atoms in total. The molecule has 31 heavy (non-hydrogen) atoms. The Morgan fingerprint density at radius 2 is 1.87 bits per heavy atom. The highest BCUT2D eigenvalue weighted by atomic mass is 35.5. The standard InChI is InChI=1S/C21H20Cl2N4O3S/c1-3-27-19(11-30-18-9-6-15(22)10-17(18)23)25-26-21(27)31-12-20(29)24-16-7-4-14(5-8-16)13(2)28/h4-10H,3,11-12H2,1-2H3,(H,24,29). The second kappa shape index (κ2) is 10.7. The van der Waals surface area contributed by atoms with Crippen LogP contribution in [-0.2, 0) is 17.9 Å². The van der Waals surface area contributed by atoms with E-state index in [1.807, 2.05) is 11.5 Å². The van der Waals surface area contributed by atoms with E-state index in [0.29, 0.717) is 44.6 Å². The Bertz CT molecular complexity index is 1090. The summed E-state index contributed by atoms with van der Waals surface area (Å²) in [5, 5.41) is 12.7. The zero-order chi connectivity index (χ0) is 22.4. The van der Waals surface area contributed by atoms with Gasteiger partial charge >= 0.3 is 0 Å². The molecule has 0 saturated heterocycles. The minimum atomic E-state index is -0.183. The first kappa shape index (κ1) is 23.1. The first-order valence-electron chi connectivity index (χ1n) is 9.41. The number of carbonyl (C=O) groups is 2. The summed E-state index contributed by atoms with van der Waals surface area (Å²) in [6.07, 6.45) is 0. The maximum absolute atomic E-state index is 12.3. The van der Waals surface area contributed by atoms with Crippen molar-refractivity contribution in [3.63, 3.8) is 0 Å². The van der Waals surface area contributed by atoms with Crippen molar-refractivity contribution in [1.82, 2.24) is 14.8 Å². The number of thioether (sulfide) groups is 1. The van der Waals surface area contributed by atoms with Gasteiger partial charge in [0.05, 0.1) is 10.8 Å². The van der Waals surface area contributed by atoms with Gasteiger partial charge in [0, 0.05) is 22.8 Å². The number of carbonyl (C=O) groups excluding carboxylic acids is 2. The lowest BCUT2D eigenvalue weighted by Gasteiger charge is -2.10. The lowest BCUT2D eigenvalue weighted by Crippen LogP contribution is -2.15. The van der Waals surface area contributed by atoms with Gasteiger partial charge in [0.15, 0.2) is 16.8 Å². The summed E-state index contributed by atoms with van der Waals surface area (Å²) in [5.41, 5.74) is 1.22. The molecule has 0 saturated carbocycles. The van der Waals surface area contributed by atoms with E-state index in [1.165, 1.54) is 18.7 Å². The van der Waals surface area contributed by atoms with Crippen LogP contribution in [0.1, 0.15) is 30.0 Å². The van der Waals surface area contributed by atoms with Crippen molar-refractivity contribution in [1.29, 1.82) is 0 Å². The van der Waals surface area contributed by atoms with Crippen LogP contribution in [0.4, 0.5) is 5.69 Å². The molecule has 0 aliphatic heterocycles. The largest absolute Gasteiger partial charge is 0.484 e. The van der Waals surface area contributed by atoms with Crippen LogP contribution in [0, 0.1) is 0 Å². The Hall–Kier alpha value is -2.55. The SMILES string of the molecule is CCn1c(COc2ccc(Cl)cc2Cl)nnc1SCC(=O)Nc1ccc(C(C)=O)cc1. The molecule has 0 atom stereocenters. The first-order chi connectivity index (χ1) is 14.9. The third kappa shape index (κ3) is 6.22. The Labute approximate surface area is 194 Å². The quantitative estimate of drug-likeness (QED) is 0.339. The van der Waals surface area contributed by atoms with Crippen LogP contribution in [0.5, 0.6) is 5.75 Å². The number of nitrogens with zero attached hydrogens (tertiary/aromatic N) is 3. The number of ketones is 1. The van der Waals surface area contributed by atoms with Crippen molar-refractivity contribution in [3.8, 4) is 5.75 Å². The molecule has 0 bridgehead atoms. The number of aromatic nitrogens is 3. The summed E-state index contributed by atoms with van der Waals surface area (Å²) < 4.78 is 7.62. The molecule has 3 rings (SSSR count). The molecule has 1 heterocycles. The van der Waals surface area contributed by atoms with Gasteiger partial charge in [-0.25, -0.2) is 0 Å². The number of anilines is 1. The van der Waals surface area contributed by atoms with Crippen molar-refractivity contribution in [2.24, 2.45) is 0 Å². The molecule has 0 aliphatic rings. The molecule has 1 amide bonds. The predicted octanol–water partition coefficient (Wildman–Crippen LogP) is 5.12. The van der Waals surface area contributed by atoms with Crippen LogP contribution < -0.4 is 10.1 Å². The number of hydrogen-bond donors (Lipinski definition) is 1. The summed E-state index contributed by atoms with van der Waals surface area (Å²) in [6, 6.07) is 11.8. The van der Waals surface area contributed by atoms with E-state index in [4.69, 9.17) is 27.9 Å². The maximum atomic E-state index is 12.3. The molecule has 10 heteroatoms. The average Bonchev–Trinajstić information content (AvgIpc) is 3.14. The number of benzene rings is 2. The van der Waals surface area contributed by atoms with E-state index in [-0.39, 0.29) is 24.1 Å². The van der Waals surface area contributed by atoms with Gasteiger partial charge in [-0.1, -0.05) is 35.0 Å². The Balaban J connectivity index is 1.57. The minimum Gasteiger partial charge on any atom is -0.484 e. The number of rotatable bonds is 9. The Kier molecular flexibility index (Phi) is 7.95. The highest BCUT2D eigenvalue weighted by molar-refractivity contribution is 7.99. The number of nitrogens with one attached hydrogen (secondary N) is 1. The van der Waals surface area contributed by atoms with E-state index >= 15 is 0 Å². The second-order valence-electron chi connectivity index (χ2n) is 6.48. The summed E-state index contributed by atoms with van der Waals surface area (Å²) in [5.74, 6) is 1.08. The van der Waals surface area contributed by atoms with Gasteiger partial charge in [0.2, 0.25) is 5.91 Å². The van der Waals surface area contributed by atoms with Gasteiger partial charge in [0.1, 0.15) is 12.4 Å². The van der Waals surface area contributed by atoms with Crippen molar-refractivity contribution in [3.05, 3.63) is 63.9 Å². The highest BCUT2D eigenvalue weighted by Crippen LogP contribution is 2.28. The fraction of sp³-hybridized carbons (Fsp3) is 0.238. The van der Waals surface area contributed by atoms with Crippen LogP contribution in [0.25, 0.3) is 0 Å². The van der Waals surface area contributed by atoms with Gasteiger partial charge in [-0.05, 0) is 56.3 Å². The van der Waals surface area contributed by atoms with Crippen LogP contribution >= 0.6 is 35.0 Å². The second-order valence-corrected chi connectivity index (χ2v) is 8.26. The molecule has 162 valence electrons. The molecule has 1 N–H and O–H groups in total. The molecule has 0 fully saturated rings. The number of hydrogen-bond acceptors (Lipinski definition) is 6. The van der Waals surface area contributed by atoms with Crippen LogP contribution in [0.15, 0.2) is 47.6 Å². The molecule has 0 spiro atoms. The number of amides is 1. The average molecular weight is 479 g/mol. The van der Waals surface area contributed by atoms with Crippen LogP contribution in [0.2, 0.25) is 10.0 Å². The number of Topliss-reactive ketones (excluding diaryl/α,β-unsaturated/α-hetero) is 1. The Morgan fingerprint density at radius 3 is 2.52 bits per heavy atom. The molecule has 1 aromatic heterocycles. The normalized spacial score (nSPS) is 10.7. The van der Waals surface area contributed by atoms with E-state index < -0.39 is 0 Å². The third-order valence-corrected chi connectivity index (χ3v) is 5.77. The fourth-order valence-electron chi connectivity index (χ4n) is 2.70. The lowest BCUT2D eigenvalue weighted by molar-refractivity contribution is -0.113. The van der Waals surface area contributed by atoms with Crippen molar-refractivity contribution >= 4 is 52.3 Å². The summed E-state index contributed by atoms with van der Waals surface area (Å²) in [7, 11) is 0. The zero-order valence-corrected chi connectivity index (χ0v) is 19.2. The fourth-order valence-corrected chi connectivity index (χ4v) is 3.98. The summed E-state index contributed by atoms with van der Waals surface area (Å²) >= 11 is 13.3. The van der Waals surface area contributed by atoms with Crippen molar-refractivity contribution < 1.29 is 14.3 Å². The topological polar surface area (TPSA) is 86.1 Å². The van der Waals surface area contributed by atoms with E-state index in [0.717, 1.165) is 0 Å². The smallest absolute Gasteiger partial charge is 0.234 e. The summed E-state index contributed by atoms with van der Waals surface area (Å²) in [4.78, 5) is 23.6. The van der Waals surface area contributed by atoms with Crippen molar-refractivity contribution in [2.45, 2.75) is 32.2 Å². The highest BCUT2D eigenvalue weighted by Gasteiger charge is 2.14. The van der Waals surface area contributed by atoms with Gasteiger partial charge < -0.3 is 14.6 Å². The monoisotopic (exact) mass is 478 g/mol. The maximum Gasteiger partial charge on any atom is 0.234 e. The van der Waals surface area contributed by atoms with Gasteiger partial charge in [-0.3, -0.25) is 9.59 Å². The van der Waals surface area contributed by atoms with Gasteiger partial charge in [-0.2, -0.15) is 0 Å². The van der Waals surface area contributed by atoms with Gasteiger partial charge in [-0.15, -0.1) is 10.2 Å². The van der Waals surface area contributed by atoms with Crippen LogP contribution in [-0.4, -0.2) is 32.2 Å². The third-order valence-electron chi connectivity index (χ3n) is 4.27. The molecule has 0 unspecified atom stereocenters. The Morgan fingerprint density at radius 1 is 1.13 bits per heavy atom.